The molecule has 0 radical (unpaired) electrons. The topological polar surface area (TPSA) is 67.6 Å². The van der Waals surface area contributed by atoms with E-state index >= 15 is 0 Å². The summed E-state index contributed by atoms with van der Waals surface area (Å²) < 4.78 is 5.15. The molecule has 1 atom stereocenters. The molecule has 3 N–H and O–H groups in total. The Balaban J connectivity index is 0.00000242. The Hall–Kier alpha value is -1.30. The third-order valence-electron chi connectivity index (χ3n) is 4.10. The molecule has 1 saturated heterocycles. The summed E-state index contributed by atoms with van der Waals surface area (Å²) in [5.74, 6) is 1.34. The molecule has 1 aromatic carbocycles. The number of nitrogens with one attached hydrogen (secondary N) is 1. The third-order valence-corrected chi connectivity index (χ3v) is 4.10. The highest BCUT2D eigenvalue weighted by atomic mass is 35.5. The Bertz CT molecular complexity index is 474. The van der Waals surface area contributed by atoms with Gasteiger partial charge in [0, 0.05) is 17.8 Å². The number of carbonyl (C=O) groups excluding carboxylic acids is 1. The van der Waals surface area contributed by atoms with Crippen molar-refractivity contribution in [1.29, 1.82) is 0 Å². The van der Waals surface area contributed by atoms with Gasteiger partial charge < -0.3 is 15.8 Å². The maximum Gasteiger partial charge on any atom is 0.238 e. The molecule has 0 bridgehead atoms. The van der Waals surface area contributed by atoms with Gasteiger partial charge in [-0.15, -0.1) is 12.4 Å². The number of hydrogen-bond donors (Lipinski definition) is 2. The smallest absolute Gasteiger partial charge is 0.238 e. The summed E-state index contributed by atoms with van der Waals surface area (Å²) in [5, 5.41) is 2.91. The second-order valence-electron chi connectivity index (χ2n) is 5.75. The largest absolute Gasteiger partial charge is 0.497 e. The lowest BCUT2D eigenvalue weighted by Gasteiger charge is -2.33. The minimum Gasteiger partial charge on any atom is -0.497 e. The summed E-state index contributed by atoms with van der Waals surface area (Å²) in [6.07, 6.45) is 2.15. The monoisotopic (exact) mass is 327 g/mol. The fourth-order valence-corrected chi connectivity index (χ4v) is 2.74. The van der Waals surface area contributed by atoms with Crippen molar-refractivity contribution in [1.82, 2.24) is 4.90 Å². The van der Waals surface area contributed by atoms with Crippen LogP contribution in [-0.4, -0.2) is 43.6 Å². The number of likely N-dealkylation sites (tertiary alicyclic amines) is 1. The molecule has 1 aliphatic rings. The highest BCUT2D eigenvalue weighted by Crippen LogP contribution is 2.20. The van der Waals surface area contributed by atoms with E-state index in [1.807, 2.05) is 24.3 Å². The lowest BCUT2D eigenvalue weighted by atomic mass is 9.91. The van der Waals surface area contributed by atoms with Crippen molar-refractivity contribution in [3.05, 3.63) is 24.3 Å². The summed E-state index contributed by atoms with van der Waals surface area (Å²) >= 11 is 0. The van der Waals surface area contributed by atoms with Gasteiger partial charge in [0.1, 0.15) is 5.75 Å². The van der Waals surface area contributed by atoms with Gasteiger partial charge in [0.15, 0.2) is 0 Å². The van der Waals surface area contributed by atoms with Crippen LogP contribution in [0.25, 0.3) is 0 Å². The molecule has 1 aromatic rings. The molecule has 124 valence electrons. The fourth-order valence-electron chi connectivity index (χ4n) is 2.74. The average Bonchev–Trinajstić information content (AvgIpc) is 2.47. The molecule has 1 heterocycles. The number of carbonyl (C=O) groups is 1. The van der Waals surface area contributed by atoms with E-state index in [1.54, 1.807) is 7.11 Å². The Labute approximate surface area is 138 Å². The number of methoxy groups -OCH3 is 1. The van der Waals surface area contributed by atoms with Crippen molar-refractivity contribution in [2.45, 2.75) is 25.8 Å². The molecule has 5 nitrogen and oxygen atoms in total. The number of piperidine rings is 1. The van der Waals surface area contributed by atoms with Crippen molar-refractivity contribution in [3.63, 3.8) is 0 Å². The zero-order valence-electron chi connectivity index (χ0n) is 13.2. The molecule has 1 unspecified atom stereocenters. The van der Waals surface area contributed by atoms with Crippen LogP contribution >= 0.6 is 12.4 Å². The van der Waals surface area contributed by atoms with Gasteiger partial charge in [0.25, 0.3) is 0 Å². The lowest BCUT2D eigenvalue weighted by Crippen LogP contribution is -2.42. The average molecular weight is 328 g/mol. The van der Waals surface area contributed by atoms with E-state index in [4.69, 9.17) is 10.5 Å². The van der Waals surface area contributed by atoms with Crippen LogP contribution in [-0.2, 0) is 4.79 Å². The number of hydrogen-bond acceptors (Lipinski definition) is 4. The highest BCUT2D eigenvalue weighted by molar-refractivity contribution is 5.92. The molecule has 1 aliphatic heterocycles. The fraction of sp³-hybridized carbons (Fsp3) is 0.562. The van der Waals surface area contributed by atoms with E-state index in [-0.39, 0.29) is 24.4 Å². The zero-order chi connectivity index (χ0) is 15.2. The molecule has 0 aliphatic carbocycles. The first-order chi connectivity index (χ1) is 10.1. The van der Waals surface area contributed by atoms with E-state index in [0.717, 1.165) is 37.4 Å². The van der Waals surface area contributed by atoms with Gasteiger partial charge in [-0.2, -0.15) is 0 Å². The number of halogens is 1. The van der Waals surface area contributed by atoms with Crippen LogP contribution in [0, 0.1) is 5.92 Å². The van der Waals surface area contributed by atoms with Crippen molar-refractivity contribution in [2.24, 2.45) is 11.7 Å². The summed E-state index contributed by atoms with van der Waals surface area (Å²) in [6.45, 7) is 4.38. The van der Waals surface area contributed by atoms with E-state index in [2.05, 4.69) is 17.1 Å². The number of rotatable bonds is 5. The van der Waals surface area contributed by atoms with Crippen LogP contribution in [0.4, 0.5) is 5.69 Å². The van der Waals surface area contributed by atoms with Gasteiger partial charge in [-0.1, -0.05) is 6.07 Å². The number of nitrogens with two attached hydrogens (primary N) is 1. The Morgan fingerprint density at radius 3 is 2.73 bits per heavy atom. The number of anilines is 1. The van der Waals surface area contributed by atoms with Crippen LogP contribution < -0.4 is 15.8 Å². The SMILES string of the molecule is COc1cccc(NC(=O)CN2CCC(C(C)N)CC2)c1.Cl. The van der Waals surface area contributed by atoms with E-state index in [0.29, 0.717) is 12.5 Å². The second kappa shape index (κ2) is 8.98. The summed E-state index contributed by atoms with van der Waals surface area (Å²) in [5.41, 5.74) is 6.70. The van der Waals surface area contributed by atoms with E-state index in [9.17, 15) is 4.79 Å². The number of nitrogens with zero attached hydrogens (tertiary/aromatic N) is 1. The second-order valence-corrected chi connectivity index (χ2v) is 5.75. The van der Waals surface area contributed by atoms with Crippen LogP contribution in [0.3, 0.4) is 0 Å². The normalized spacial score (nSPS) is 17.4. The van der Waals surface area contributed by atoms with Crippen molar-refractivity contribution >= 4 is 24.0 Å². The predicted octanol–water partition coefficient (Wildman–Crippen LogP) is 2.11. The molecular formula is C16H26ClN3O2. The van der Waals surface area contributed by atoms with Crippen molar-refractivity contribution < 1.29 is 9.53 Å². The van der Waals surface area contributed by atoms with Crippen LogP contribution in [0.2, 0.25) is 0 Å². The molecule has 6 heteroatoms. The highest BCUT2D eigenvalue weighted by Gasteiger charge is 2.22. The lowest BCUT2D eigenvalue weighted by molar-refractivity contribution is -0.117. The predicted molar refractivity (Wildman–Crippen MR) is 91.7 cm³/mol. The van der Waals surface area contributed by atoms with Crippen molar-refractivity contribution in [3.8, 4) is 5.75 Å². The summed E-state index contributed by atoms with van der Waals surface area (Å²) in [6, 6.07) is 7.65. The first-order valence-electron chi connectivity index (χ1n) is 7.50. The van der Waals surface area contributed by atoms with Gasteiger partial charge in [-0.05, 0) is 50.9 Å². The number of benzene rings is 1. The van der Waals surface area contributed by atoms with Gasteiger partial charge in [0.05, 0.1) is 13.7 Å². The van der Waals surface area contributed by atoms with Gasteiger partial charge >= 0.3 is 0 Å². The van der Waals surface area contributed by atoms with E-state index in [1.165, 1.54) is 0 Å². The minimum atomic E-state index is 0. The summed E-state index contributed by atoms with van der Waals surface area (Å²) in [4.78, 5) is 14.3. The maximum absolute atomic E-state index is 12.1. The molecule has 2 rings (SSSR count). The zero-order valence-corrected chi connectivity index (χ0v) is 14.1. The van der Waals surface area contributed by atoms with Gasteiger partial charge in [-0.25, -0.2) is 0 Å². The minimum absolute atomic E-state index is 0. The van der Waals surface area contributed by atoms with Gasteiger partial charge in [-0.3, -0.25) is 9.69 Å². The summed E-state index contributed by atoms with van der Waals surface area (Å²) in [7, 11) is 1.61. The van der Waals surface area contributed by atoms with Crippen molar-refractivity contribution in [2.75, 3.05) is 32.1 Å². The Kier molecular flexibility index (Phi) is 7.65. The van der Waals surface area contributed by atoms with Crippen LogP contribution in [0.1, 0.15) is 19.8 Å². The number of ether oxygens (including phenoxy) is 1. The van der Waals surface area contributed by atoms with Crippen LogP contribution in [0.5, 0.6) is 5.75 Å². The maximum atomic E-state index is 12.1. The van der Waals surface area contributed by atoms with E-state index < -0.39 is 0 Å². The standard InChI is InChI=1S/C16H25N3O2.ClH/c1-12(17)13-6-8-19(9-7-13)11-16(20)18-14-4-3-5-15(10-14)21-2;/h3-5,10,12-13H,6-9,11,17H2,1-2H3,(H,18,20);1H. The van der Waals surface area contributed by atoms with Crippen LogP contribution in [0.15, 0.2) is 24.3 Å². The number of amides is 1. The molecule has 1 fully saturated rings. The molecule has 0 saturated carbocycles. The molecule has 0 spiro atoms. The Morgan fingerprint density at radius 1 is 1.45 bits per heavy atom. The Morgan fingerprint density at radius 2 is 2.14 bits per heavy atom. The first kappa shape index (κ1) is 18.7. The quantitative estimate of drug-likeness (QED) is 0.869. The molecule has 22 heavy (non-hydrogen) atoms. The van der Waals surface area contributed by atoms with Gasteiger partial charge in [0.2, 0.25) is 5.91 Å². The first-order valence-corrected chi connectivity index (χ1v) is 7.50. The third kappa shape index (κ3) is 5.48. The molecular weight excluding hydrogens is 302 g/mol. The molecule has 1 amide bonds. The molecule has 0 aromatic heterocycles.